The highest BCUT2D eigenvalue weighted by Crippen LogP contribution is 2.36. The molecule has 3 aromatic carbocycles. The number of nitrogens with zero attached hydrogens (tertiary/aromatic N) is 2. The molecule has 1 saturated heterocycles. The van der Waals surface area contributed by atoms with Gasteiger partial charge in [0.15, 0.2) is 0 Å². The number of rotatable bonds is 8. The molecule has 2 amide bonds. The van der Waals surface area contributed by atoms with Crippen LogP contribution in [0.2, 0.25) is 0 Å². The Bertz CT molecular complexity index is 1230. The smallest absolute Gasteiger partial charge is 0.253 e. The molecule has 0 radical (unpaired) electrons. The Morgan fingerprint density at radius 1 is 0.811 bits per heavy atom. The lowest BCUT2D eigenvalue weighted by Crippen LogP contribution is -2.30. The zero-order valence-corrected chi connectivity index (χ0v) is 22.2. The third-order valence-corrected chi connectivity index (χ3v) is 7.04. The number of amides is 2. The van der Waals surface area contributed by atoms with Gasteiger partial charge in [0.2, 0.25) is 5.91 Å². The third kappa shape index (κ3) is 6.55. The van der Waals surface area contributed by atoms with Crippen molar-refractivity contribution < 1.29 is 9.59 Å². The molecule has 1 aliphatic rings. The lowest BCUT2D eigenvalue weighted by molar-refractivity contribution is -0.114. The van der Waals surface area contributed by atoms with Gasteiger partial charge in [-0.25, -0.2) is 0 Å². The molecule has 5 nitrogen and oxygen atoms in total. The van der Waals surface area contributed by atoms with Gasteiger partial charge in [-0.3, -0.25) is 14.5 Å². The zero-order valence-electron chi connectivity index (χ0n) is 22.2. The molecule has 1 fully saturated rings. The molecule has 37 heavy (non-hydrogen) atoms. The van der Waals surface area contributed by atoms with Crippen molar-refractivity contribution in [1.29, 1.82) is 0 Å². The summed E-state index contributed by atoms with van der Waals surface area (Å²) in [7, 11) is 0. The minimum absolute atomic E-state index is 0.0543. The quantitative estimate of drug-likeness (QED) is 0.403. The SMILES string of the molecule is CCN(CC)C(=O)c1ccc(C(=C2CCN(Cc3ccccc3)CC2)c2ccccc2NC(C)=O)cc1. The van der Waals surface area contributed by atoms with Crippen LogP contribution in [0.4, 0.5) is 5.69 Å². The number of anilines is 1. The Balaban J connectivity index is 1.68. The number of benzene rings is 3. The van der Waals surface area contributed by atoms with E-state index in [4.69, 9.17) is 0 Å². The second kappa shape index (κ2) is 12.5. The van der Waals surface area contributed by atoms with Crippen molar-refractivity contribution >= 4 is 23.1 Å². The maximum atomic E-state index is 12.9. The van der Waals surface area contributed by atoms with Crippen LogP contribution in [0.5, 0.6) is 0 Å². The van der Waals surface area contributed by atoms with Crippen molar-refractivity contribution in [2.24, 2.45) is 0 Å². The van der Waals surface area contributed by atoms with Crippen LogP contribution < -0.4 is 5.32 Å². The molecule has 3 aromatic rings. The van der Waals surface area contributed by atoms with Crippen molar-refractivity contribution in [3.05, 3.63) is 107 Å². The number of carbonyl (C=O) groups is 2. The molecule has 1 N–H and O–H groups in total. The summed E-state index contributed by atoms with van der Waals surface area (Å²) in [5.41, 5.74) is 7.47. The van der Waals surface area contributed by atoms with Crippen LogP contribution in [0.15, 0.2) is 84.4 Å². The Labute approximate surface area is 220 Å². The Morgan fingerprint density at radius 2 is 1.41 bits per heavy atom. The van der Waals surface area contributed by atoms with Crippen LogP contribution in [0.1, 0.15) is 60.7 Å². The molecule has 0 saturated carbocycles. The van der Waals surface area contributed by atoms with Crippen LogP contribution in [-0.4, -0.2) is 47.8 Å². The highest BCUT2D eigenvalue weighted by atomic mass is 16.2. The summed E-state index contributed by atoms with van der Waals surface area (Å²) >= 11 is 0. The van der Waals surface area contributed by atoms with E-state index in [1.54, 1.807) is 6.92 Å². The molecule has 1 aliphatic heterocycles. The first-order valence-electron chi connectivity index (χ1n) is 13.2. The van der Waals surface area contributed by atoms with Crippen molar-refractivity contribution in [2.45, 2.75) is 40.2 Å². The number of para-hydroxylation sites is 1. The first-order chi connectivity index (χ1) is 18.0. The standard InChI is InChI=1S/C32H37N3O2/c1-4-35(5-2)32(37)28-17-15-26(16-18-28)31(29-13-9-10-14-30(29)33-24(3)36)27-19-21-34(22-20-27)23-25-11-7-6-8-12-25/h6-18H,4-5,19-23H2,1-3H3,(H,33,36). The van der Waals surface area contributed by atoms with E-state index in [2.05, 4.69) is 58.7 Å². The topological polar surface area (TPSA) is 52.7 Å². The predicted molar refractivity (Wildman–Crippen MR) is 151 cm³/mol. The average molecular weight is 496 g/mol. The molecule has 0 unspecified atom stereocenters. The highest BCUT2D eigenvalue weighted by Gasteiger charge is 2.22. The van der Waals surface area contributed by atoms with E-state index in [-0.39, 0.29) is 11.8 Å². The number of likely N-dealkylation sites (tertiary alicyclic amines) is 1. The molecular formula is C32H37N3O2. The fourth-order valence-corrected chi connectivity index (χ4v) is 5.10. The van der Waals surface area contributed by atoms with Crippen LogP contribution >= 0.6 is 0 Å². The van der Waals surface area contributed by atoms with E-state index in [0.717, 1.165) is 54.9 Å². The normalized spacial score (nSPS) is 13.8. The van der Waals surface area contributed by atoms with Gasteiger partial charge in [-0.15, -0.1) is 0 Å². The molecule has 0 spiro atoms. The summed E-state index contributed by atoms with van der Waals surface area (Å²) in [6.45, 7) is 9.84. The first-order valence-corrected chi connectivity index (χ1v) is 13.2. The van der Waals surface area contributed by atoms with Gasteiger partial charge in [0, 0.05) is 56.5 Å². The molecule has 0 aliphatic carbocycles. The van der Waals surface area contributed by atoms with Crippen LogP contribution in [0, 0.1) is 0 Å². The molecule has 5 heteroatoms. The Morgan fingerprint density at radius 3 is 2.03 bits per heavy atom. The van der Waals surface area contributed by atoms with E-state index in [9.17, 15) is 9.59 Å². The fraction of sp³-hybridized carbons (Fsp3) is 0.312. The van der Waals surface area contributed by atoms with Crippen molar-refractivity contribution in [2.75, 3.05) is 31.5 Å². The van der Waals surface area contributed by atoms with Crippen molar-refractivity contribution in [1.82, 2.24) is 9.80 Å². The van der Waals surface area contributed by atoms with Crippen LogP contribution in [0.3, 0.4) is 0 Å². The number of hydrogen-bond donors (Lipinski definition) is 1. The van der Waals surface area contributed by atoms with Crippen molar-refractivity contribution in [3.63, 3.8) is 0 Å². The highest BCUT2D eigenvalue weighted by molar-refractivity contribution is 5.97. The number of nitrogens with one attached hydrogen (secondary N) is 1. The molecule has 0 aromatic heterocycles. The lowest BCUT2D eigenvalue weighted by atomic mass is 9.87. The van der Waals surface area contributed by atoms with Crippen LogP contribution in [-0.2, 0) is 11.3 Å². The molecule has 4 rings (SSSR count). The van der Waals surface area contributed by atoms with Gasteiger partial charge >= 0.3 is 0 Å². The van der Waals surface area contributed by atoms with Gasteiger partial charge in [-0.05, 0) is 61.6 Å². The molecule has 0 bridgehead atoms. The number of piperidine rings is 1. The summed E-state index contributed by atoms with van der Waals surface area (Å²) in [4.78, 5) is 29.2. The van der Waals surface area contributed by atoms with Crippen molar-refractivity contribution in [3.8, 4) is 0 Å². The van der Waals surface area contributed by atoms with Gasteiger partial charge in [-0.1, -0.05) is 66.2 Å². The maximum Gasteiger partial charge on any atom is 0.253 e. The monoisotopic (exact) mass is 495 g/mol. The maximum absolute atomic E-state index is 12.9. The van der Waals surface area contributed by atoms with Crippen LogP contribution in [0.25, 0.3) is 5.57 Å². The summed E-state index contributed by atoms with van der Waals surface area (Å²) in [5, 5.41) is 3.02. The van der Waals surface area contributed by atoms with E-state index >= 15 is 0 Å². The van der Waals surface area contributed by atoms with Gasteiger partial charge < -0.3 is 10.2 Å². The Kier molecular flexibility index (Phi) is 8.91. The molecule has 192 valence electrons. The van der Waals surface area contributed by atoms with Gasteiger partial charge in [0.1, 0.15) is 0 Å². The summed E-state index contributed by atoms with van der Waals surface area (Å²) in [5.74, 6) is -0.0340. The Hall–Kier alpha value is -3.70. The fourth-order valence-electron chi connectivity index (χ4n) is 5.10. The summed E-state index contributed by atoms with van der Waals surface area (Å²) < 4.78 is 0. The minimum Gasteiger partial charge on any atom is -0.339 e. The number of hydrogen-bond acceptors (Lipinski definition) is 3. The lowest BCUT2D eigenvalue weighted by Gasteiger charge is -2.30. The van der Waals surface area contributed by atoms with Gasteiger partial charge in [0.25, 0.3) is 5.91 Å². The largest absolute Gasteiger partial charge is 0.339 e. The van der Waals surface area contributed by atoms with E-state index in [1.165, 1.54) is 11.1 Å². The van der Waals surface area contributed by atoms with Gasteiger partial charge in [0.05, 0.1) is 0 Å². The van der Waals surface area contributed by atoms with E-state index in [1.807, 2.05) is 49.1 Å². The first kappa shape index (κ1) is 26.4. The summed E-state index contributed by atoms with van der Waals surface area (Å²) in [6.07, 6.45) is 1.91. The zero-order chi connectivity index (χ0) is 26.2. The second-order valence-corrected chi connectivity index (χ2v) is 9.52. The average Bonchev–Trinajstić information content (AvgIpc) is 2.92. The summed E-state index contributed by atoms with van der Waals surface area (Å²) in [6, 6.07) is 26.6. The molecule has 0 atom stereocenters. The minimum atomic E-state index is -0.0883. The second-order valence-electron chi connectivity index (χ2n) is 9.52. The third-order valence-electron chi connectivity index (χ3n) is 7.04. The predicted octanol–water partition coefficient (Wildman–Crippen LogP) is 6.22. The van der Waals surface area contributed by atoms with Gasteiger partial charge in [-0.2, -0.15) is 0 Å². The molecule has 1 heterocycles. The number of carbonyl (C=O) groups excluding carboxylic acids is 2. The van der Waals surface area contributed by atoms with E-state index < -0.39 is 0 Å². The molecular weight excluding hydrogens is 458 g/mol. The van der Waals surface area contributed by atoms with E-state index in [0.29, 0.717) is 18.7 Å².